The Hall–Kier alpha value is -6.17. The Bertz CT molecular complexity index is 2280. The summed E-state index contributed by atoms with van der Waals surface area (Å²) < 4.78 is 8.22. The zero-order valence-corrected chi connectivity index (χ0v) is 31.5. The van der Waals surface area contributed by atoms with Crippen LogP contribution in [0.1, 0.15) is 79.5 Å². The SMILES string of the molecule is CCc1nc(-c2cccc3cc(-c4ccc(OCCC/C=C/c5cccc6c5CN(C(C)CCC(=O)NC=O)C6=O)nc4)ncc23)c2n1CCN(C(C)=O)C2. The fourth-order valence-electron chi connectivity index (χ4n) is 7.46. The molecule has 4 amide bonds. The predicted octanol–water partition coefficient (Wildman–Crippen LogP) is 6.35. The van der Waals surface area contributed by atoms with E-state index < -0.39 is 0 Å². The summed E-state index contributed by atoms with van der Waals surface area (Å²) in [5.74, 6) is 1.27. The third-order valence-corrected chi connectivity index (χ3v) is 10.5. The Morgan fingerprint density at radius 2 is 1.85 bits per heavy atom. The molecule has 12 nitrogen and oxygen atoms in total. The largest absolute Gasteiger partial charge is 0.478 e. The van der Waals surface area contributed by atoms with Crippen LogP contribution in [0.2, 0.25) is 0 Å². The summed E-state index contributed by atoms with van der Waals surface area (Å²) in [6, 6.07) is 17.7. The highest BCUT2D eigenvalue weighted by Crippen LogP contribution is 2.35. The van der Waals surface area contributed by atoms with Gasteiger partial charge in [-0.25, -0.2) is 9.97 Å². The van der Waals surface area contributed by atoms with Crippen LogP contribution in [0, 0.1) is 0 Å². The van der Waals surface area contributed by atoms with E-state index in [1.807, 2.05) is 54.4 Å². The monoisotopic (exact) mass is 739 g/mol. The summed E-state index contributed by atoms with van der Waals surface area (Å²) in [6.45, 7) is 8.64. The van der Waals surface area contributed by atoms with Crippen molar-refractivity contribution >= 4 is 41.0 Å². The summed E-state index contributed by atoms with van der Waals surface area (Å²) in [5.41, 5.74) is 7.37. The molecular formula is C43H45N7O5. The molecule has 0 saturated heterocycles. The van der Waals surface area contributed by atoms with Crippen molar-refractivity contribution in [2.24, 2.45) is 0 Å². The lowest BCUT2D eigenvalue weighted by atomic mass is 10.0. The van der Waals surface area contributed by atoms with Gasteiger partial charge in [0.2, 0.25) is 24.1 Å². The van der Waals surface area contributed by atoms with E-state index in [0.29, 0.717) is 50.5 Å². The molecule has 1 N–H and O–H groups in total. The average molecular weight is 740 g/mol. The zero-order valence-electron chi connectivity index (χ0n) is 31.5. The molecule has 55 heavy (non-hydrogen) atoms. The van der Waals surface area contributed by atoms with Crippen LogP contribution >= 0.6 is 0 Å². The van der Waals surface area contributed by atoms with Gasteiger partial charge in [-0.05, 0) is 60.9 Å². The minimum Gasteiger partial charge on any atom is -0.478 e. The molecule has 1 atom stereocenters. The Kier molecular flexibility index (Phi) is 11.1. The van der Waals surface area contributed by atoms with Crippen molar-refractivity contribution in [3.05, 3.63) is 101 Å². The Morgan fingerprint density at radius 1 is 1.02 bits per heavy atom. The fraction of sp³-hybridized carbons (Fsp3) is 0.326. The van der Waals surface area contributed by atoms with E-state index in [9.17, 15) is 19.2 Å². The second-order valence-corrected chi connectivity index (χ2v) is 14.0. The van der Waals surface area contributed by atoms with Crippen LogP contribution in [0.4, 0.5) is 0 Å². The van der Waals surface area contributed by atoms with Gasteiger partial charge in [-0.15, -0.1) is 0 Å². The third kappa shape index (κ3) is 7.89. The number of benzene rings is 2. The van der Waals surface area contributed by atoms with Crippen molar-refractivity contribution < 1.29 is 23.9 Å². The van der Waals surface area contributed by atoms with Crippen molar-refractivity contribution in [3.63, 3.8) is 0 Å². The zero-order chi connectivity index (χ0) is 38.5. The second-order valence-electron chi connectivity index (χ2n) is 14.0. The highest BCUT2D eigenvalue weighted by molar-refractivity contribution is 6.00. The van der Waals surface area contributed by atoms with Crippen LogP contribution in [0.3, 0.4) is 0 Å². The lowest BCUT2D eigenvalue weighted by Crippen LogP contribution is -2.37. The van der Waals surface area contributed by atoms with Crippen molar-refractivity contribution in [2.75, 3.05) is 13.2 Å². The molecule has 0 fully saturated rings. The molecule has 1 unspecified atom stereocenters. The van der Waals surface area contributed by atoms with Gasteiger partial charge in [-0.2, -0.15) is 0 Å². The van der Waals surface area contributed by atoms with Gasteiger partial charge < -0.3 is 19.1 Å². The summed E-state index contributed by atoms with van der Waals surface area (Å²) in [7, 11) is 0. The number of allylic oxidation sites excluding steroid dienone is 1. The number of ether oxygens (including phenoxy) is 1. The topological polar surface area (TPSA) is 140 Å². The first-order valence-corrected chi connectivity index (χ1v) is 18.9. The number of hydrogen-bond donors (Lipinski definition) is 1. The number of fused-ring (bicyclic) bond motifs is 3. The van der Waals surface area contributed by atoms with Gasteiger partial charge in [0.25, 0.3) is 5.91 Å². The number of unbranched alkanes of at least 4 members (excludes halogenated alkanes) is 1. The molecule has 5 aromatic rings. The smallest absolute Gasteiger partial charge is 0.254 e. The molecule has 282 valence electrons. The van der Waals surface area contributed by atoms with Gasteiger partial charge in [0.1, 0.15) is 5.82 Å². The average Bonchev–Trinajstić information content (AvgIpc) is 3.75. The molecule has 0 spiro atoms. The van der Waals surface area contributed by atoms with Gasteiger partial charge in [-0.1, -0.05) is 49.4 Å². The van der Waals surface area contributed by atoms with E-state index in [2.05, 4.69) is 52.1 Å². The summed E-state index contributed by atoms with van der Waals surface area (Å²) in [5, 5.41) is 4.21. The van der Waals surface area contributed by atoms with Crippen LogP contribution in [0.15, 0.2) is 73.1 Å². The minimum absolute atomic E-state index is 0.0379. The number of imide groups is 1. The van der Waals surface area contributed by atoms with E-state index in [-0.39, 0.29) is 30.2 Å². The quantitative estimate of drug-likeness (QED) is 0.103. The van der Waals surface area contributed by atoms with Gasteiger partial charge in [-0.3, -0.25) is 29.5 Å². The third-order valence-electron chi connectivity index (χ3n) is 10.5. The molecule has 2 aliphatic rings. The fourth-order valence-corrected chi connectivity index (χ4v) is 7.46. The highest BCUT2D eigenvalue weighted by Gasteiger charge is 2.32. The van der Waals surface area contributed by atoms with E-state index in [1.54, 1.807) is 18.0 Å². The minimum atomic E-state index is -0.347. The second kappa shape index (κ2) is 16.5. The lowest BCUT2D eigenvalue weighted by molar-refractivity contribution is -0.130. The highest BCUT2D eigenvalue weighted by atomic mass is 16.5. The van der Waals surface area contributed by atoms with Crippen molar-refractivity contribution in [1.29, 1.82) is 0 Å². The van der Waals surface area contributed by atoms with E-state index in [1.165, 1.54) is 0 Å². The van der Waals surface area contributed by atoms with Crippen LogP contribution in [-0.2, 0) is 40.4 Å². The van der Waals surface area contributed by atoms with Crippen molar-refractivity contribution in [3.8, 4) is 28.4 Å². The molecule has 2 aromatic carbocycles. The first kappa shape index (κ1) is 37.2. The molecule has 2 aliphatic heterocycles. The molecule has 0 bridgehead atoms. The number of carbonyl (C=O) groups is 4. The standard InChI is InChI=1S/C43H45N7O5/c1-4-39-47-42(38-26-48(29(3)52)19-20-49(38)39)33-13-9-12-31-22-37(44-24-35(31)33)32-16-18-41(45-23-32)55-21-7-5-6-10-30-11-8-14-34-36(30)25-50(43(34)54)28(2)15-17-40(53)46-27-51/h6,8-14,16,18,22-24,27-28H,4-5,7,15,17,19-21,25-26H2,1-3H3,(H,46,51,53)/b10-6+. The number of aryl methyl sites for hydroxylation is 1. The van der Waals surface area contributed by atoms with Gasteiger partial charge in [0.15, 0.2) is 0 Å². The number of amides is 4. The molecule has 3 aromatic heterocycles. The first-order valence-electron chi connectivity index (χ1n) is 18.9. The number of nitrogens with zero attached hydrogens (tertiary/aromatic N) is 6. The maximum Gasteiger partial charge on any atom is 0.254 e. The Morgan fingerprint density at radius 3 is 2.64 bits per heavy atom. The molecule has 0 aliphatic carbocycles. The van der Waals surface area contributed by atoms with Gasteiger partial charge >= 0.3 is 0 Å². The number of hydrogen-bond acceptors (Lipinski definition) is 8. The van der Waals surface area contributed by atoms with Crippen LogP contribution in [-0.4, -0.2) is 72.6 Å². The molecule has 5 heterocycles. The maximum atomic E-state index is 13.1. The van der Waals surface area contributed by atoms with Gasteiger partial charge in [0, 0.05) is 86.0 Å². The van der Waals surface area contributed by atoms with Gasteiger partial charge in [0.05, 0.1) is 30.2 Å². The normalized spacial score (nSPS) is 14.3. The number of nitrogens with one attached hydrogen (secondary N) is 1. The number of imidazole rings is 1. The van der Waals surface area contributed by atoms with Crippen LogP contribution in [0.25, 0.3) is 39.4 Å². The number of carbonyl (C=O) groups excluding carboxylic acids is 4. The van der Waals surface area contributed by atoms with Crippen LogP contribution in [0.5, 0.6) is 5.88 Å². The summed E-state index contributed by atoms with van der Waals surface area (Å²) >= 11 is 0. The number of aromatic nitrogens is 4. The molecule has 7 rings (SSSR count). The summed E-state index contributed by atoms with van der Waals surface area (Å²) in [6.07, 6.45) is 11.3. The number of pyridine rings is 2. The first-order chi connectivity index (χ1) is 26.7. The Balaban J connectivity index is 0.942. The van der Waals surface area contributed by atoms with Crippen molar-refractivity contribution in [1.82, 2.24) is 34.6 Å². The molecule has 12 heteroatoms. The molecule has 0 radical (unpaired) electrons. The van der Waals surface area contributed by atoms with E-state index >= 15 is 0 Å². The predicted molar refractivity (Wildman–Crippen MR) is 210 cm³/mol. The number of rotatable bonds is 14. The maximum absolute atomic E-state index is 13.1. The van der Waals surface area contributed by atoms with Crippen LogP contribution < -0.4 is 10.1 Å². The Labute approximate surface area is 320 Å². The molecule has 0 saturated carbocycles. The van der Waals surface area contributed by atoms with E-state index in [4.69, 9.17) is 14.7 Å². The van der Waals surface area contributed by atoms with Crippen molar-refractivity contribution in [2.45, 2.75) is 78.6 Å². The summed E-state index contributed by atoms with van der Waals surface area (Å²) in [4.78, 5) is 65.6. The van der Waals surface area contributed by atoms with E-state index in [0.717, 1.165) is 81.7 Å². The lowest BCUT2D eigenvalue weighted by Gasteiger charge is -2.28. The molecular weight excluding hydrogens is 695 g/mol.